The van der Waals surface area contributed by atoms with E-state index in [1.165, 1.54) is 16.9 Å². The minimum atomic E-state index is -0.131. The zero-order valence-electron chi connectivity index (χ0n) is 17.3. The molecule has 0 spiro atoms. The molecule has 0 radical (unpaired) electrons. The van der Waals surface area contributed by atoms with E-state index in [0.717, 1.165) is 48.3 Å². The van der Waals surface area contributed by atoms with E-state index in [9.17, 15) is 9.59 Å². The largest absolute Gasteiger partial charge is 0.496 e. The molecule has 158 valence electrons. The number of rotatable bonds is 6. The van der Waals surface area contributed by atoms with Crippen molar-refractivity contribution < 1.29 is 14.3 Å². The predicted molar refractivity (Wildman–Crippen MR) is 122 cm³/mol. The summed E-state index contributed by atoms with van der Waals surface area (Å²) in [5, 5.41) is 5.40. The van der Waals surface area contributed by atoms with Crippen LogP contribution in [0, 0.1) is 5.92 Å². The Kier molecular flexibility index (Phi) is 5.19. The number of carbonyl (C=O) groups excluding carboxylic acids is 2. The third kappa shape index (κ3) is 4.05. The van der Waals surface area contributed by atoms with Gasteiger partial charge in [0.15, 0.2) is 5.13 Å². The van der Waals surface area contributed by atoms with Crippen LogP contribution in [-0.4, -0.2) is 30.5 Å². The Bertz CT molecular complexity index is 1150. The monoisotopic (exact) mass is 433 g/mol. The molecule has 31 heavy (non-hydrogen) atoms. The number of anilines is 2. The molecule has 2 amide bonds. The summed E-state index contributed by atoms with van der Waals surface area (Å²) in [6, 6.07) is 13.6. The molecular formula is C24H23N3O3S. The average Bonchev–Trinajstić information content (AvgIpc) is 3.39. The van der Waals surface area contributed by atoms with Crippen molar-refractivity contribution in [2.75, 3.05) is 23.9 Å². The van der Waals surface area contributed by atoms with Gasteiger partial charge in [0.05, 0.1) is 19.2 Å². The standard InChI is InChI=1S/C24H23N3O3S/c1-30-21-5-3-2-4-18(21)13-22(28)26-24-25-19(14-31-24)16-8-9-20-17(12-16)10-11-27(20)23(29)15-6-7-15/h2-5,8-9,12,14-15H,6-7,10-11,13H2,1H3,(H,25,26,28). The lowest BCUT2D eigenvalue weighted by Crippen LogP contribution is -2.30. The lowest BCUT2D eigenvalue weighted by Gasteiger charge is -2.17. The highest BCUT2D eigenvalue weighted by Crippen LogP contribution is 2.38. The molecule has 1 N–H and O–H groups in total. The van der Waals surface area contributed by atoms with Crippen molar-refractivity contribution in [3.05, 3.63) is 59.0 Å². The highest BCUT2D eigenvalue weighted by molar-refractivity contribution is 7.14. The average molecular weight is 434 g/mol. The van der Waals surface area contributed by atoms with Crippen LogP contribution in [0.4, 0.5) is 10.8 Å². The fraction of sp³-hybridized carbons (Fsp3) is 0.292. The molecule has 2 aliphatic rings. The fourth-order valence-electron chi connectivity index (χ4n) is 3.99. The lowest BCUT2D eigenvalue weighted by atomic mass is 10.1. The van der Waals surface area contributed by atoms with Crippen molar-refractivity contribution in [3.8, 4) is 17.0 Å². The number of carbonyl (C=O) groups is 2. The highest BCUT2D eigenvalue weighted by Gasteiger charge is 2.36. The first-order chi connectivity index (χ1) is 15.1. The van der Waals surface area contributed by atoms with Gasteiger partial charge in [-0.3, -0.25) is 9.59 Å². The van der Waals surface area contributed by atoms with Crippen LogP contribution < -0.4 is 15.0 Å². The number of methoxy groups -OCH3 is 1. The van der Waals surface area contributed by atoms with Crippen molar-refractivity contribution in [1.29, 1.82) is 0 Å². The molecule has 0 atom stereocenters. The Morgan fingerprint density at radius 1 is 1.23 bits per heavy atom. The van der Waals surface area contributed by atoms with Crippen molar-refractivity contribution >= 4 is 34.0 Å². The molecule has 1 aliphatic carbocycles. The number of hydrogen-bond acceptors (Lipinski definition) is 5. The van der Waals surface area contributed by atoms with E-state index in [4.69, 9.17) is 4.74 Å². The molecule has 6 nitrogen and oxygen atoms in total. The first-order valence-corrected chi connectivity index (χ1v) is 11.3. The van der Waals surface area contributed by atoms with Gasteiger partial charge in [0.1, 0.15) is 5.75 Å². The molecular weight excluding hydrogens is 410 g/mol. The van der Waals surface area contributed by atoms with Crippen LogP contribution in [-0.2, 0) is 22.4 Å². The van der Waals surface area contributed by atoms with Crippen molar-refractivity contribution in [2.24, 2.45) is 5.92 Å². The number of para-hydroxylation sites is 1. The Morgan fingerprint density at radius 2 is 2.06 bits per heavy atom. The van der Waals surface area contributed by atoms with Crippen LogP contribution in [0.25, 0.3) is 11.3 Å². The normalized spacial score (nSPS) is 14.9. The van der Waals surface area contributed by atoms with Gasteiger partial charge in [-0.05, 0) is 43.0 Å². The Labute approximate surface area is 184 Å². The van der Waals surface area contributed by atoms with Gasteiger partial charge in [-0.25, -0.2) is 4.98 Å². The van der Waals surface area contributed by atoms with Gasteiger partial charge in [0.25, 0.3) is 0 Å². The molecule has 7 heteroatoms. The van der Waals surface area contributed by atoms with Gasteiger partial charge in [-0.2, -0.15) is 0 Å². The van der Waals surface area contributed by atoms with Crippen LogP contribution in [0.2, 0.25) is 0 Å². The van der Waals surface area contributed by atoms with Crippen LogP contribution in [0.15, 0.2) is 47.8 Å². The zero-order chi connectivity index (χ0) is 21.4. The summed E-state index contributed by atoms with van der Waals surface area (Å²) in [5.41, 5.74) is 4.87. The lowest BCUT2D eigenvalue weighted by molar-refractivity contribution is -0.119. The summed E-state index contributed by atoms with van der Waals surface area (Å²) in [4.78, 5) is 31.5. The second-order valence-electron chi connectivity index (χ2n) is 7.93. The number of thiazole rings is 1. The topological polar surface area (TPSA) is 71.5 Å². The number of hydrogen-bond donors (Lipinski definition) is 1. The summed E-state index contributed by atoms with van der Waals surface area (Å²) < 4.78 is 5.32. The number of ether oxygens (including phenoxy) is 1. The summed E-state index contributed by atoms with van der Waals surface area (Å²) in [6.45, 7) is 0.759. The van der Waals surface area contributed by atoms with Crippen LogP contribution in [0.3, 0.4) is 0 Å². The Morgan fingerprint density at radius 3 is 2.87 bits per heavy atom. The number of aromatic nitrogens is 1. The SMILES string of the molecule is COc1ccccc1CC(=O)Nc1nc(-c2ccc3c(c2)CCN3C(=O)C2CC2)cs1. The smallest absolute Gasteiger partial charge is 0.230 e. The van der Waals surface area contributed by atoms with E-state index in [1.807, 2.05) is 46.7 Å². The molecule has 2 heterocycles. The van der Waals surface area contributed by atoms with E-state index in [0.29, 0.717) is 10.9 Å². The van der Waals surface area contributed by atoms with Crippen LogP contribution >= 0.6 is 11.3 Å². The zero-order valence-corrected chi connectivity index (χ0v) is 18.1. The minimum Gasteiger partial charge on any atom is -0.496 e. The maximum atomic E-state index is 12.5. The molecule has 1 aromatic heterocycles. The van der Waals surface area contributed by atoms with E-state index in [-0.39, 0.29) is 24.2 Å². The van der Waals surface area contributed by atoms with Gasteiger partial charge in [-0.15, -0.1) is 11.3 Å². The number of fused-ring (bicyclic) bond motifs is 1. The molecule has 3 aromatic rings. The number of benzene rings is 2. The summed E-state index contributed by atoms with van der Waals surface area (Å²) in [6.07, 6.45) is 3.14. The maximum absolute atomic E-state index is 12.5. The van der Waals surface area contributed by atoms with Gasteiger partial charge >= 0.3 is 0 Å². The van der Waals surface area contributed by atoms with Crippen molar-refractivity contribution in [3.63, 3.8) is 0 Å². The molecule has 1 aliphatic heterocycles. The van der Waals surface area contributed by atoms with Crippen LogP contribution in [0.5, 0.6) is 5.75 Å². The number of nitrogens with one attached hydrogen (secondary N) is 1. The Hall–Kier alpha value is -3.19. The molecule has 1 fully saturated rings. The van der Waals surface area contributed by atoms with Gasteiger partial charge in [0.2, 0.25) is 11.8 Å². The molecule has 0 unspecified atom stereocenters. The number of amides is 2. The minimum absolute atomic E-state index is 0.131. The second kappa shape index (κ2) is 8.15. The van der Waals surface area contributed by atoms with Crippen molar-refractivity contribution in [1.82, 2.24) is 4.98 Å². The number of nitrogens with zero attached hydrogens (tertiary/aromatic N) is 2. The summed E-state index contributed by atoms with van der Waals surface area (Å²) in [5.74, 6) is 1.06. The van der Waals surface area contributed by atoms with Gasteiger partial charge in [-0.1, -0.05) is 24.3 Å². The first kappa shape index (κ1) is 19.8. The first-order valence-electron chi connectivity index (χ1n) is 10.4. The highest BCUT2D eigenvalue weighted by atomic mass is 32.1. The van der Waals surface area contributed by atoms with Gasteiger partial charge in [0, 0.05) is 34.7 Å². The van der Waals surface area contributed by atoms with Gasteiger partial charge < -0.3 is 15.0 Å². The third-order valence-electron chi connectivity index (χ3n) is 5.76. The predicted octanol–water partition coefficient (Wildman–Crippen LogP) is 4.30. The maximum Gasteiger partial charge on any atom is 0.230 e. The molecule has 0 bridgehead atoms. The third-order valence-corrected chi connectivity index (χ3v) is 6.52. The van der Waals surface area contributed by atoms with E-state index in [1.54, 1.807) is 7.11 Å². The Balaban J connectivity index is 1.27. The molecule has 2 aromatic carbocycles. The van der Waals surface area contributed by atoms with E-state index < -0.39 is 0 Å². The molecule has 5 rings (SSSR count). The summed E-state index contributed by atoms with van der Waals surface area (Å²) in [7, 11) is 1.60. The second-order valence-corrected chi connectivity index (χ2v) is 8.79. The van der Waals surface area contributed by atoms with Crippen molar-refractivity contribution in [2.45, 2.75) is 25.7 Å². The molecule has 0 saturated heterocycles. The molecule has 1 saturated carbocycles. The summed E-state index contributed by atoms with van der Waals surface area (Å²) >= 11 is 1.41. The quantitative estimate of drug-likeness (QED) is 0.629. The fourth-order valence-corrected chi connectivity index (χ4v) is 4.73. The van der Waals surface area contributed by atoms with Crippen LogP contribution in [0.1, 0.15) is 24.0 Å². The van der Waals surface area contributed by atoms with E-state index in [2.05, 4.69) is 16.4 Å². The van der Waals surface area contributed by atoms with E-state index >= 15 is 0 Å².